The average Bonchev–Trinajstić information content (AvgIpc) is 3.52. The number of pyridine rings is 1. The third kappa shape index (κ3) is 4.33. The lowest BCUT2D eigenvalue weighted by molar-refractivity contribution is 0.0684. The van der Waals surface area contributed by atoms with Gasteiger partial charge in [0.05, 0.1) is 27.7 Å². The zero-order chi connectivity index (χ0) is 28.0. The van der Waals surface area contributed by atoms with Crippen LogP contribution in [0.1, 0.15) is 16.1 Å². The second-order valence-electron chi connectivity index (χ2n) is 9.28. The number of aromatic carboxylic acids is 1. The number of halogens is 2. The van der Waals surface area contributed by atoms with Crippen molar-refractivity contribution in [1.82, 2.24) is 34.0 Å². The molecule has 12 nitrogen and oxygen atoms in total. The van der Waals surface area contributed by atoms with E-state index in [2.05, 4.69) is 25.0 Å². The highest BCUT2D eigenvalue weighted by atomic mass is 35.5. The van der Waals surface area contributed by atoms with Crippen LogP contribution in [-0.2, 0) is 6.54 Å². The Morgan fingerprint density at radius 3 is 2.60 bits per heavy atom. The standard InChI is InChI=1S/C26H22ClFN10O2/c27-20-19-23(33-26(30)38-24(19)32-22(34-38)17-3-1-2-6-31-17)37(21(20)25(39)40)12-9-35-7-10-36(11-8-35)18-5-4-15(14-29)13-16(18)28/h1-6,13H,7-12H2,(H2,30,33)(H,39,40). The molecule has 0 atom stereocenters. The molecule has 14 heteroatoms. The molecule has 1 saturated heterocycles. The highest BCUT2D eigenvalue weighted by Crippen LogP contribution is 2.34. The number of carboxylic acids is 1. The highest BCUT2D eigenvalue weighted by molar-refractivity contribution is 6.39. The first kappa shape index (κ1) is 25.5. The number of hydrogen-bond acceptors (Lipinski definition) is 9. The molecular formula is C26H22ClFN10O2. The molecule has 202 valence electrons. The predicted octanol–water partition coefficient (Wildman–Crippen LogP) is 2.91. The van der Waals surface area contributed by atoms with Crippen molar-refractivity contribution in [3.63, 3.8) is 0 Å². The van der Waals surface area contributed by atoms with Crippen molar-refractivity contribution < 1.29 is 14.3 Å². The van der Waals surface area contributed by atoms with Gasteiger partial charge in [0.1, 0.15) is 22.9 Å². The summed E-state index contributed by atoms with van der Waals surface area (Å²) in [5, 5.41) is 23.8. The minimum absolute atomic E-state index is 0.00100. The van der Waals surface area contributed by atoms with Gasteiger partial charge in [0.15, 0.2) is 5.65 Å². The lowest BCUT2D eigenvalue weighted by Crippen LogP contribution is -2.47. The maximum atomic E-state index is 14.5. The van der Waals surface area contributed by atoms with E-state index in [0.717, 1.165) is 0 Å². The number of hydrogen-bond donors (Lipinski definition) is 2. The summed E-state index contributed by atoms with van der Waals surface area (Å²) >= 11 is 6.63. The topological polar surface area (TPSA) is 154 Å². The molecule has 0 amide bonds. The van der Waals surface area contributed by atoms with Crippen LogP contribution in [0.5, 0.6) is 0 Å². The number of nitrogens with two attached hydrogens (primary N) is 1. The Hall–Kier alpha value is -4.80. The van der Waals surface area contributed by atoms with Crippen LogP contribution < -0.4 is 10.6 Å². The molecule has 40 heavy (non-hydrogen) atoms. The third-order valence-electron chi connectivity index (χ3n) is 6.97. The molecule has 0 bridgehead atoms. The van der Waals surface area contributed by atoms with Crippen LogP contribution in [0.4, 0.5) is 16.0 Å². The molecule has 3 N–H and O–H groups in total. The van der Waals surface area contributed by atoms with E-state index >= 15 is 0 Å². The number of carboxylic acid groups (broad SMARTS) is 1. The quantitative estimate of drug-likeness (QED) is 0.317. The number of piperazine rings is 1. The number of fused-ring (bicyclic) bond motifs is 3. The van der Waals surface area contributed by atoms with E-state index in [1.165, 1.54) is 15.1 Å². The molecule has 5 heterocycles. The number of aromatic nitrogens is 6. The summed E-state index contributed by atoms with van der Waals surface area (Å²) in [6.45, 7) is 3.19. The summed E-state index contributed by atoms with van der Waals surface area (Å²) in [5.41, 5.74) is 7.94. The number of benzene rings is 1. The lowest BCUT2D eigenvalue weighted by atomic mass is 10.2. The second kappa shape index (κ2) is 10.1. The molecule has 4 aromatic heterocycles. The number of carbonyl (C=O) groups is 1. The summed E-state index contributed by atoms with van der Waals surface area (Å²) in [6, 6.07) is 11.7. The van der Waals surface area contributed by atoms with Crippen molar-refractivity contribution in [3.05, 3.63) is 64.7 Å². The Morgan fingerprint density at radius 1 is 1.12 bits per heavy atom. The Kier molecular flexibility index (Phi) is 6.41. The molecule has 0 spiro atoms. The van der Waals surface area contributed by atoms with Gasteiger partial charge in [-0.15, -0.1) is 5.10 Å². The number of anilines is 2. The lowest BCUT2D eigenvalue weighted by Gasteiger charge is -2.36. The summed E-state index contributed by atoms with van der Waals surface area (Å²) in [5.74, 6) is -1.30. The minimum Gasteiger partial charge on any atom is -0.477 e. The minimum atomic E-state index is -1.20. The van der Waals surface area contributed by atoms with E-state index in [1.54, 1.807) is 36.5 Å². The van der Waals surface area contributed by atoms with Crippen molar-refractivity contribution in [2.75, 3.05) is 43.4 Å². The van der Waals surface area contributed by atoms with Gasteiger partial charge in [-0.1, -0.05) is 17.7 Å². The van der Waals surface area contributed by atoms with Crippen molar-refractivity contribution in [2.45, 2.75) is 6.54 Å². The number of rotatable bonds is 6. The van der Waals surface area contributed by atoms with Gasteiger partial charge in [-0.2, -0.15) is 14.8 Å². The molecular weight excluding hydrogens is 539 g/mol. The van der Waals surface area contributed by atoms with Gasteiger partial charge >= 0.3 is 5.97 Å². The average molecular weight is 561 g/mol. The van der Waals surface area contributed by atoms with Gasteiger partial charge in [-0.3, -0.25) is 9.88 Å². The smallest absolute Gasteiger partial charge is 0.354 e. The molecule has 0 unspecified atom stereocenters. The van der Waals surface area contributed by atoms with Crippen LogP contribution >= 0.6 is 11.6 Å². The van der Waals surface area contributed by atoms with Crippen molar-refractivity contribution in [3.8, 4) is 17.6 Å². The Morgan fingerprint density at radius 2 is 1.93 bits per heavy atom. The largest absolute Gasteiger partial charge is 0.477 e. The van der Waals surface area contributed by atoms with Crippen molar-refractivity contribution >= 4 is 45.9 Å². The molecule has 1 aliphatic heterocycles. The summed E-state index contributed by atoms with van der Waals surface area (Å²) < 4.78 is 17.4. The zero-order valence-electron chi connectivity index (χ0n) is 21.0. The molecule has 0 radical (unpaired) electrons. The van der Waals surface area contributed by atoms with Gasteiger partial charge in [0, 0.05) is 45.5 Å². The number of nitrogen functional groups attached to an aromatic ring is 1. The molecule has 1 fully saturated rings. The zero-order valence-corrected chi connectivity index (χ0v) is 21.8. The first-order valence-electron chi connectivity index (χ1n) is 12.4. The summed E-state index contributed by atoms with van der Waals surface area (Å²) in [4.78, 5) is 29.7. The molecule has 6 rings (SSSR count). The summed E-state index contributed by atoms with van der Waals surface area (Å²) in [7, 11) is 0. The van der Waals surface area contributed by atoms with Gasteiger partial charge in [0.25, 0.3) is 0 Å². The van der Waals surface area contributed by atoms with Crippen LogP contribution in [0.3, 0.4) is 0 Å². The maximum Gasteiger partial charge on any atom is 0.354 e. The molecule has 1 aliphatic rings. The van der Waals surface area contributed by atoms with E-state index in [0.29, 0.717) is 61.0 Å². The number of nitriles is 1. The normalized spacial score (nSPS) is 14.2. The van der Waals surface area contributed by atoms with Gasteiger partial charge in [-0.05, 0) is 30.3 Å². The maximum absolute atomic E-state index is 14.5. The van der Waals surface area contributed by atoms with Crippen LogP contribution in [-0.4, -0.2) is 77.8 Å². The van der Waals surface area contributed by atoms with E-state index in [9.17, 15) is 14.3 Å². The third-order valence-corrected chi connectivity index (χ3v) is 7.34. The van der Waals surface area contributed by atoms with Gasteiger partial charge in [0.2, 0.25) is 11.8 Å². The first-order chi connectivity index (χ1) is 19.4. The highest BCUT2D eigenvalue weighted by Gasteiger charge is 2.28. The van der Waals surface area contributed by atoms with E-state index < -0.39 is 11.8 Å². The van der Waals surface area contributed by atoms with Gasteiger partial charge in [-0.25, -0.2) is 14.2 Å². The Labute approximate surface area is 231 Å². The SMILES string of the molecule is N#Cc1ccc(N2CCN(CCn3c(C(=O)O)c(Cl)c4c3nc(N)n3nc(-c5ccccn5)nc43)CC2)c(F)c1. The fraction of sp³-hybridized carbons (Fsp3) is 0.231. The van der Waals surface area contributed by atoms with Crippen LogP contribution in [0, 0.1) is 17.1 Å². The van der Waals surface area contributed by atoms with E-state index in [4.69, 9.17) is 22.6 Å². The molecule has 1 aromatic carbocycles. The Balaban J connectivity index is 1.28. The summed E-state index contributed by atoms with van der Waals surface area (Å²) in [6.07, 6.45) is 1.62. The fourth-order valence-electron chi connectivity index (χ4n) is 5.00. The van der Waals surface area contributed by atoms with Gasteiger partial charge < -0.3 is 20.3 Å². The Bertz CT molecular complexity index is 1810. The molecule has 0 aliphatic carbocycles. The van der Waals surface area contributed by atoms with Crippen molar-refractivity contribution in [2.24, 2.45) is 0 Å². The first-order valence-corrected chi connectivity index (χ1v) is 12.8. The van der Waals surface area contributed by atoms with Crippen LogP contribution in [0.15, 0.2) is 42.6 Å². The van der Waals surface area contributed by atoms with Crippen LogP contribution in [0.25, 0.3) is 28.2 Å². The predicted molar refractivity (Wildman–Crippen MR) is 146 cm³/mol. The monoisotopic (exact) mass is 560 g/mol. The second-order valence-corrected chi connectivity index (χ2v) is 9.66. The van der Waals surface area contributed by atoms with E-state index in [1.807, 2.05) is 11.0 Å². The number of nitrogens with zero attached hydrogens (tertiary/aromatic N) is 9. The van der Waals surface area contributed by atoms with Crippen LogP contribution in [0.2, 0.25) is 5.02 Å². The molecule has 5 aromatic rings. The van der Waals surface area contributed by atoms with E-state index in [-0.39, 0.29) is 34.4 Å². The molecule has 0 saturated carbocycles. The van der Waals surface area contributed by atoms with Crippen molar-refractivity contribution in [1.29, 1.82) is 5.26 Å². The fourth-order valence-corrected chi connectivity index (χ4v) is 5.35.